The van der Waals surface area contributed by atoms with Gasteiger partial charge >= 0.3 is 0 Å². The lowest BCUT2D eigenvalue weighted by molar-refractivity contribution is 0.0443. The van der Waals surface area contributed by atoms with E-state index >= 15 is 0 Å². The van der Waals surface area contributed by atoms with Crippen LogP contribution >= 0.6 is 0 Å². The fourth-order valence-electron chi connectivity index (χ4n) is 1.60. The van der Waals surface area contributed by atoms with Gasteiger partial charge in [-0.15, -0.1) is 0 Å². The van der Waals surface area contributed by atoms with Gasteiger partial charge in [0.15, 0.2) is 0 Å². The zero-order valence-electron chi connectivity index (χ0n) is 7.61. The largest absolute Gasteiger partial charge is 0.267 e. The number of hydrazine groups is 1. The molecule has 0 unspecified atom stereocenters. The number of rotatable bonds is 0. The van der Waals surface area contributed by atoms with E-state index in [2.05, 4.69) is 27.4 Å². The summed E-state index contributed by atoms with van der Waals surface area (Å²) in [7, 11) is 0. The highest BCUT2D eigenvalue weighted by Crippen LogP contribution is 2.21. The maximum atomic E-state index is 4.27. The third-order valence-corrected chi connectivity index (χ3v) is 2.31. The second-order valence-corrected chi connectivity index (χ2v) is 3.22. The third kappa shape index (κ3) is 1.04. The molecule has 14 heavy (non-hydrogen) atoms. The van der Waals surface area contributed by atoms with Crippen LogP contribution in [-0.2, 0) is 0 Å². The van der Waals surface area contributed by atoms with Crippen LogP contribution in [0.2, 0.25) is 0 Å². The number of fused-ring (bicyclic) bond motifs is 2. The summed E-state index contributed by atoms with van der Waals surface area (Å²) in [5.41, 5.74) is 1.11. The second-order valence-electron chi connectivity index (χ2n) is 3.22. The molecule has 0 aliphatic carbocycles. The van der Waals surface area contributed by atoms with Gasteiger partial charge < -0.3 is 0 Å². The Morgan fingerprint density at radius 2 is 2.07 bits per heavy atom. The molecule has 0 spiro atoms. The van der Waals surface area contributed by atoms with E-state index < -0.39 is 0 Å². The van der Waals surface area contributed by atoms with Crippen molar-refractivity contribution in [2.45, 2.75) is 0 Å². The lowest BCUT2D eigenvalue weighted by atomic mass is 10.3. The van der Waals surface area contributed by atoms with Crippen molar-refractivity contribution in [3.63, 3.8) is 0 Å². The van der Waals surface area contributed by atoms with Crippen LogP contribution in [0.1, 0.15) is 0 Å². The van der Waals surface area contributed by atoms with E-state index in [9.17, 15) is 0 Å². The van der Waals surface area contributed by atoms with Crippen LogP contribution in [-0.4, -0.2) is 27.9 Å². The van der Waals surface area contributed by atoms with Gasteiger partial charge in [-0.25, -0.2) is 5.01 Å². The fraction of sp³-hybridized carbons (Fsp3) is 0.100. The predicted octanol–water partition coefficient (Wildman–Crippen LogP) is 1.22. The van der Waals surface area contributed by atoms with Gasteiger partial charge in [0.05, 0.1) is 11.9 Å². The van der Waals surface area contributed by atoms with E-state index in [1.807, 2.05) is 35.6 Å². The molecule has 0 amide bonds. The Morgan fingerprint density at radius 3 is 3.07 bits per heavy atom. The minimum atomic E-state index is 0.757. The average Bonchev–Trinajstić information content (AvgIpc) is 2.26. The van der Waals surface area contributed by atoms with Gasteiger partial charge in [-0.3, -0.25) is 10.0 Å². The summed E-state index contributed by atoms with van der Waals surface area (Å²) in [6.45, 7) is 0.757. The molecule has 3 rings (SSSR count). The van der Waals surface area contributed by atoms with Crippen LogP contribution in [0.3, 0.4) is 0 Å². The van der Waals surface area contributed by atoms with Gasteiger partial charge in [-0.2, -0.15) is 5.10 Å². The summed E-state index contributed by atoms with van der Waals surface area (Å²) in [6, 6.07) is 0. The number of hydrazone groups is 1. The normalized spacial score (nSPS) is 22.3. The van der Waals surface area contributed by atoms with Gasteiger partial charge in [0, 0.05) is 18.6 Å². The Bertz CT molecular complexity index is 389. The highest BCUT2D eigenvalue weighted by molar-refractivity contribution is 5.73. The maximum Gasteiger partial charge on any atom is 0.132 e. The number of nitrogens with zero attached hydrogens (tertiary/aromatic N) is 4. The van der Waals surface area contributed by atoms with E-state index in [0.29, 0.717) is 0 Å². The Labute approximate surface area is 82.4 Å². The molecule has 0 atom stereocenters. The Kier molecular flexibility index (Phi) is 1.47. The quantitative estimate of drug-likeness (QED) is 0.568. The van der Waals surface area contributed by atoms with Crippen molar-refractivity contribution < 1.29 is 0 Å². The standard InChI is InChI=1S/C10H10N4/c1-2-7-13-9-14-10(4-3-5-11-14)8-12(13)6-1/h1-8H,9H2. The van der Waals surface area contributed by atoms with Gasteiger partial charge in [0.2, 0.25) is 0 Å². The SMILES string of the molecule is C1=CC2=CN3C=CC=CN3CN2N=C1. The van der Waals surface area contributed by atoms with E-state index in [1.165, 1.54) is 0 Å². The first-order valence-electron chi connectivity index (χ1n) is 4.53. The van der Waals surface area contributed by atoms with Crippen LogP contribution in [0.4, 0.5) is 0 Å². The van der Waals surface area contributed by atoms with Crippen LogP contribution in [0.25, 0.3) is 0 Å². The van der Waals surface area contributed by atoms with Gasteiger partial charge in [0.25, 0.3) is 0 Å². The molecular formula is C10H10N4. The zero-order chi connectivity index (χ0) is 9.38. The van der Waals surface area contributed by atoms with Crippen molar-refractivity contribution in [2.75, 3.05) is 6.67 Å². The van der Waals surface area contributed by atoms with Crippen molar-refractivity contribution >= 4 is 6.21 Å². The van der Waals surface area contributed by atoms with Crippen molar-refractivity contribution in [3.8, 4) is 0 Å². The molecule has 3 aliphatic rings. The van der Waals surface area contributed by atoms with Crippen LogP contribution in [0, 0.1) is 0 Å². The highest BCUT2D eigenvalue weighted by Gasteiger charge is 2.21. The summed E-state index contributed by atoms with van der Waals surface area (Å²) in [4.78, 5) is 0. The van der Waals surface area contributed by atoms with E-state index in [1.54, 1.807) is 6.21 Å². The minimum absolute atomic E-state index is 0.757. The molecule has 0 fully saturated rings. The molecule has 70 valence electrons. The summed E-state index contributed by atoms with van der Waals surface area (Å²) in [5, 5.41) is 10.4. The minimum Gasteiger partial charge on any atom is -0.267 e. The first-order chi connectivity index (χ1) is 6.93. The number of hydrogen-bond donors (Lipinski definition) is 0. The van der Waals surface area contributed by atoms with Gasteiger partial charge in [-0.05, 0) is 24.3 Å². The van der Waals surface area contributed by atoms with E-state index in [-0.39, 0.29) is 0 Å². The van der Waals surface area contributed by atoms with Crippen LogP contribution in [0.15, 0.2) is 53.7 Å². The lowest BCUT2D eigenvalue weighted by Crippen LogP contribution is -2.44. The van der Waals surface area contributed by atoms with Crippen LogP contribution < -0.4 is 0 Å². The second kappa shape index (κ2) is 2.77. The van der Waals surface area contributed by atoms with Gasteiger partial charge in [-0.1, -0.05) is 0 Å². The molecule has 0 saturated carbocycles. The van der Waals surface area contributed by atoms with Crippen molar-refractivity contribution in [1.29, 1.82) is 0 Å². The molecule has 0 aromatic heterocycles. The smallest absolute Gasteiger partial charge is 0.132 e. The summed E-state index contributed by atoms with van der Waals surface area (Å²) < 4.78 is 0. The molecule has 0 aromatic carbocycles. The summed E-state index contributed by atoms with van der Waals surface area (Å²) in [5.74, 6) is 0. The Morgan fingerprint density at radius 1 is 1.14 bits per heavy atom. The van der Waals surface area contributed by atoms with Crippen molar-refractivity contribution in [2.24, 2.45) is 5.10 Å². The Hall–Kier alpha value is -1.97. The molecule has 0 saturated heterocycles. The molecule has 4 nitrogen and oxygen atoms in total. The summed E-state index contributed by atoms with van der Waals surface area (Å²) >= 11 is 0. The average molecular weight is 186 g/mol. The van der Waals surface area contributed by atoms with E-state index in [0.717, 1.165) is 12.4 Å². The molecule has 3 aliphatic heterocycles. The molecule has 0 N–H and O–H groups in total. The maximum absolute atomic E-state index is 4.27. The zero-order valence-corrected chi connectivity index (χ0v) is 7.61. The van der Waals surface area contributed by atoms with Crippen molar-refractivity contribution in [3.05, 3.63) is 48.6 Å². The Balaban J connectivity index is 1.97. The number of allylic oxidation sites excluding steroid dienone is 4. The van der Waals surface area contributed by atoms with Crippen LogP contribution in [0.5, 0.6) is 0 Å². The lowest BCUT2D eigenvalue weighted by Gasteiger charge is -2.40. The molecule has 0 radical (unpaired) electrons. The molecule has 3 heterocycles. The molecule has 0 bridgehead atoms. The van der Waals surface area contributed by atoms with E-state index in [4.69, 9.17) is 0 Å². The van der Waals surface area contributed by atoms with Crippen molar-refractivity contribution in [1.82, 2.24) is 15.0 Å². The van der Waals surface area contributed by atoms with Gasteiger partial charge in [0.1, 0.15) is 6.67 Å². The fourth-order valence-corrected chi connectivity index (χ4v) is 1.60. The molecular weight excluding hydrogens is 176 g/mol. The monoisotopic (exact) mass is 186 g/mol. The highest BCUT2D eigenvalue weighted by atomic mass is 15.7. The number of hydrogen-bond acceptors (Lipinski definition) is 4. The first-order valence-corrected chi connectivity index (χ1v) is 4.53. The first kappa shape index (κ1) is 7.44. The predicted molar refractivity (Wildman–Crippen MR) is 54.4 cm³/mol. The molecule has 0 aromatic rings. The third-order valence-electron chi connectivity index (χ3n) is 2.31. The topological polar surface area (TPSA) is 22.1 Å². The summed E-state index contributed by atoms with van der Waals surface area (Å²) in [6.07, 6.45) is 15.9. The molecule has 4 heteroatoms.